The quantitative estimate of drug-likeness (QED) is 0.422. The smallest absolute Gasteiger partial charge is 0.237 e. The van der Waals surface area contributed by atoms with Crippen LogP contribution in [-0.4, -0.2) is 4.57 Å². The predicted octanol–water partition coefficient (Wildman–Crippen LogP) is 0.158. The van der Waals surface area contributed by atoms with Crippen LogP contribution in [0.2, 0.25) is 0 Å². The van der Waals surface area contributed by atoms with Crippen molar-refractivity contribution in [1.29, 1.82) is 0 Å². The Hall–Kier alpha value is -0.790. The van der Waals surface area contributed by atoms with E-state index in [4.69, 9.17) is 0 Å². The Bertz CT molecular complexity index is 169. The van der Waals surface area contributed by atoms with Crippen LogP contribution in [0.25, 0.3) is 0 Å². The monoisotopic (exact) mass is 111 g/mol. The summed E-state index contributed by atoms with van der Waals surface area (Å²) in [7, 11) is 4.07. The molecule has 0 N–H and O–H groups in total. The molecule has 0 aliphatic rings. The highest BCUT2D eigenvalue weighted by atomic mass is 15.1. The lowest BCUT2D eigenvalue weighted by atomic mass is 10.7. The molecule has 2 heteroatoms. The van der Waals surface area contributed by atoms with E-state index in [2.05, 4.69) is 16.1 Å². The van der Waals surface area contributed by atoms with E-state index >= 15 is 0 Å². The third-order valence-electron chi connectivity index (χ3n) is 1.53. The summed E-state index contributed by atoms with van der Waals surface area (Å²) >= 11 is 0. The zero-order valence-corrected chi connectivity index (χ0v) is 5.55. The molecule has 0 atom stereocenters. The van der Waals surface area contributed by atoms with Crippen LogP contribution in [0.4, 0.5) is 0 Å². The molecule has 2 nitrogen and oxygen atoms in total. The molecule has 0 bridgehead atoms. The zero-order valence-electron chi connectivity index (χ0n) is 5.55. The van der Waals surface area contributed by atoms with E-state index in [1.54, 1.807) is 0 Å². The van der Waals surface area contributed by atoms with Crippen LogP contribution in [0.1, 0.15) is 5.82 Å². The molecule has 0 saturated carbocycles. The molecule has 1 aromatic rings. The molecule has 0 saturated heterocycles. The minimum absolute atomic E-state index is 1.27. The minimum Gasteiger partial charge on any atom is -0.237 e. The lowest BCUT2D eigenvalue weighted by molar-refractivity contribution is -0.677. The SMILES string of the molecule is Cc1n(C)cc[n+]1C. The molecule has 0 spiro atoms. The van der Waals surface area contributed by atoms with Gasteiger partial charge in [-0.15, -0.1) is 0 Å². The fraction of sp³-hybridized carbons (Fsp3) is 0.500. The average Bonchev–Trinajstić information content (AvgIpc) is 1.98. The van der Waals surface area contributed by atoms with Crippen LogP contribution in [0.3, 0.4) is 0 Å². The fourth-order valence-corrected chi connectivity index (χ4v) is 0.665. The van der Waals surface area contributed by atoms with Crippen LogP contribution in [0, 0.1) is 6.92 Å². The molecule has 8 heavy (non-hydrogen) atoms. The maximum absolute atomic E-state index is 2.08. The number of rotatable bonds is 0. The highest BCUT2D eigenvalue weighted by molar-refractivity contribution is 4.75. The van der Waals surface area contributed by atoms with E-state index < -0.39 is 0 Å². The molecule has 0 aromatic carbocycles. The maximum Gasteiger partial charge on any atom is 0.252 e. The Balaban J connectivity index is 3.19. The molecule has 44 valence electrons. The van der Waals surface area contributed by atoms with Crippen molar-refractivity contribution in [2.24, 2.45) is 14.1 Å². The second-order valence-corrected chi connectivity index (χ2v) is 2.07. The Labute approximate surface area is 49.4 Å². The van der Waals surface area contributed by atoms with Crippen molar-refractivity contribution in [3.63, 3.8) is 0 Å². The Morgan fingerprint density at radius 2 is 2.25 bits per heavy atom. The summed E-state index contributed by atoms with van der Waals surface area (Å²) in [6.45, 7) is 2.08. The third kappa shape index (κ3) is 0.619. The van der Waals surface area contributed by atoms with Gasteiger partial charge >= 0.3 is 0 Å². The molecule has 0 aliphatic heterocycles. The number of hydrogen-bond acceptors (Lipinski definition) is 0. The highest BCUT2D eigenvalue weighted by Gasteiger charge is 2.00. The van der Waals surface area contributed by atoms with Crippen LogP contribution >= 0.6 is 0 Å². The number of imidazole rings is 1. The van der Waals surface area contributed by atoms with Crippen molar-refractivity contribution in [3.8, 4) is 0 Å². The van der Waals surface area contributed by atoms with Gasteiger partial charge in [-0.05, 0) is 0 Å². The molecule has 1 heterocycles. The van der Waals surface area contributed by atoms with E-state index in [-0.39, 0.29) is 0 Å². The van der Waals surface area contributed by atoms with Crippen molar-refractivity contribution in [1.82, 2.24) is 4.57 Å². The molecular weight excluding hydrogens is 100 g/mol. The summed E-state index contributed by atoms with van der Waals surface area (Å²) in [4.78, 5) is 0. The molecule has 0 aliphatic carbocycles. The molecule has 1 aromatic heterocycles. The Kier molecular flexibility index (Phi) is 1.08. The van der Waals surface area contributed by atoms with Gasteiger partial charge < -0.3 is 0 Å². The first kappa shape index (κ1) is 5.35. The standard InChI is InChI=1S/C6H11N2/c1-6-7(2)4-5-8(6)3/h4-5H,1-3H3/q+1. The van der Waals surface area contributed by atoms with Gasteiger partial charge in [0.05, 0.1) is 14.1 Å². The number of hydrogen-bond donors (Lipinski definition) is 0. The van der Waals surface area contributed by atoms with Gasteiger partial charge in [0, 0.05) is 6.92 Å². The van der Waals surface area contributed by atoms with Crippen molar-refractivity contribution in [2.75, 3.05) is 0 Å². The Morgan fingerprint density at radius 3 is 2.38 bits per heavy atom. The van der Waals surface area contributed by atoms with E-state index in [1.807, 2.05) is 26.5 Å². The van der Waals surface area contributed by atoms with Gasteiger partial charge in [-0.2, -0.15) is 0 Å². The van der Waals surface area contributed by atoms with E-state index in [1.165, 1.54) is 5.82 Å². The van der Waals surface area contributed by atoms with Crippen LogP contribution in [-0.2, 0) is 14.1 Å². The lowest BCUT2D eigenvalue weighted by Gasteiger charge is -1.84. The average molecular weight is 111 g/mol. The van der Waals surface area contributed by atoms with E-state index in [9.17, 15) is 0 Å². The molecule has 1 rings (SSSR count). The second kappa shape index (κ2) is 1.62. The molecule has 0 radical (unpaired) electrons. The van der Waals surface area contributed by atoms with Gasteiger partial charge in [-0.25, -0.2) is 9.13 Å². The Morgan fingerprint density at radius 1 is 1.62 bits per heavy atom. The van der Waals surface area contributed by atoms with Gasteiger partial charge in [-0.1, -0.05) is 0 Å². The first-order chi connectivity index (χ1) is 3.72. The number of aryl methyl sites for hydroxylation is 2. The normalized spacial score (nSPS) is 9.88. The van der Waals surface area contributed by atoms with Crippen LogP contribution in [0.5, 0.6) is 0 Å². The summed E-state index contributed by atoms with van der Waals surface area (Å²) in [5.41, 5.74) is 0. The number of nitrogens with zero attached hydrogens (tertiary/aromatic N) is 2. The predicted molar refractivity (Wildman–Crippen MR) is 31.3 cm³/mol. The summed E-state index contributed by atoms with van der Waals surface area (Å²) in [5, 5.41) is 0. The van der Waals surface area contributed by atoms with Gasteiger partial charge in [-0.3, -0.25) is 0 Å². The summed E-state index contributed by atoms with van der Waals surface area (Å²) in [6, 6.07) is 0. The van der Waals surface area contributed by atoms with E-state index in [0.717, 1.165) is 0 Å². The van der Waals surface area contributed by atoms with Crippen molar-refractivity contribution in [2.45, 2.75) is 6.92 Å². The van der Waals surface area contributed by atoms with Gasteiger partial charge in [0.1, 0.15) is 12.4 Å². The highest BCUT2D eigenvalue weighted by Crippen LogP contribution is 1.84. The maximum atomic E-state index is 2.08. The molecular formula is C6H11N2+. The molecule has 0 amide bonds. The summed E-state index contributed by atoms with van der Waals surface area (Å²) < 4.78 is 4.17. The molecule has 0 unspecified atom stereocenters. The number of aromatic nitrogens is 2. The van der Waals surface area contributed by atoms with Gasteiger partial charge in [0.25, 0.3) is 5.82 Å². The topological polar surface area (TPSA) is 8.81 Å². The first-order valence-electron chi connectivity index (χ1n) is 2.69. The van der Waals surface area contributed by atoms with Crippen molar-refractivity contribution < 1.29 is 4.57 Å². The minimum atomic E-state index is 1.27. The second-order valence-electron chi connectivity index (χ2n) is 2.07. The first-order valence-corrected chi connectivity index (χ1v) is 2.69. The summed E-state index contributed by atoms with van der Waals surface area (Å²) in [6.07, 6.45) is 4.07. The van der Waals surface area contributed by atoms with Crippen LogP contribution in [0.15, 0.2) is 12.4 Å². The summed E-state index contributed by atoms with van der Waals surface area (Å²) in [5.74, 6) is 1.27. The van der Waals surface area contributed by atoms with Crippen molar-refractivity contribution in [3.05, 3.63) is 18.2 Å². The largest absolute Gasteiger partial charge is 0.252 e. The van der Waals surface area contributed by atoms with Crippen LogP contribution < -0.4 is 4.57 Å². The van der Waals surface area contributed by atoms with Gasteiger partial charge in [0.15, 0.2) is 0 Å². The fourth-order valence-electron chi connectivity index (χ4n) is 0.665. The molecule has 0 fully saturated rings. The lowest BCUT2D eigenvalue weighted by Crippen LogP contribution is -2.29. The van der Waals surface area contributed by atoms with E-state index in [0.29, 0.717) is 0 Å². The van der Waals surface area contributed by atoms with Gasteiger partial charge in [0.2, 0.25) is 0 Å². The van der Waals surface area contributed by atoms with Crippen molar-refractivity contribution >= 4 is 0 Å². The zero-order chi connectivity index (χ0) is 6.15. The third-order valence-corrected chi connectivity index (χ3v) is 1.53.